The van der Waals surface area contributed by atoms with E-state index in [1.54, 1.807) is 11.3 Å². The molecule has 3 aromatic rings. The van der Waals surface area contributed by atoms with Gasteiger partial charge in [0.15, 0.2) is 0 Å². The number of hydrogen-bond acceptors (Lipinski definition) is 4. The molecule has 1 aromatic heterocycles. The number of carboxylic acid groups (broad SMARTS) is 1. The molecule has 156 valence electrons. The molecule has 0 amide bonds. The zero-order valence-electron chi connectivity index (χ0n) is 16.5. The summed E-state index contributed by atoms with van der Waals surface area (Å²) in [4.78, 5) is 15.0. The molecule has 4 rings (SSSR count). The molecule has 0 radical (unpaired) electrons. The first kappa shape index (κ1) is 20.9. The minimum atomic E-state index is -0.715. The number of carbonyl (C=O) groups is 1. The number of carboxylic acids is 1. The smallest absolute Gasteiger partial charge is 0.307 e. The van der Waals surface area contributed by atoms with Crippen LogP contribution in [0.1, 0.15) is 34.9 Å². The number of thiophene rings is 1. The summed E-state index contributed by atoms with van der Waals surface area (Å²) in [6.45, 7) is 1.94. The lowest BCUT2D eigenvalue weighted by Crippen LogP contribution is -2.41. The highest BCUT2D eigenvalue weighted by molar-refractivity contribution is 7.16. The average molecular weight is 442 g/mol. The van der Waals surface area contributed by atoms with Gasteiger partial charge in [-0.05, 0) is 54.8 Å². The zero-order valence-corrected chi connectivity index (χ0v) is 18.1. The fourth-order valence-corrected chi connectivity index (χ4v) is 5.18. The van der Waals surface area contributed by atoms with Gasteiger partial charge in [-0.3, -0.25) is 9.69 Å². The number of nitrogens with zero attached hydrogens (tertiary/aromatic N) is 1. The highest BCUT2D eigenvalue weighted by Crippen LogP contribution is 2.38. The molecule has 6 heteroatoms. The van der Waals surface area contributed by atoms with E-state index < -0.39 is 5.97 Å². The predicted molar refractivity (Wildman–Crippen MR) is 120 cm³/mol. The lowest BCUT2D eigenvalue weighted by atomic mass is 9.94. The minimum absolute atomic E-state index is 0.00665. The Morgan fingerprint density at radius 2 is 1.90 bits per heavy atom. The van der Waals surface area contributed by atoms with Gasteiger partial charge in [0.2, 0.25) is 0 Å². The van der Waals surface area contributed by atoms with E-state index in [2.05, 4.69) is 17.0 Å². The summed E-state index contributed by atoms with van der Waals surface area (Å²) in [6.07, 6.45) is 1.61. The van der Waals surface area contributed by atoms with Gasteiger partial charge in [0, 0.05) is 11.4 Å². The Bertz CT molecular complexity index is 974. The van der Waals surface area contributed by atoms with Crippen molar-refractivity contribution in [2.75, 3.05) is 13.1 Å². The molecule has 1 saturated heterocycles. The van der Waals surface area contributed by atoms with Crippen LogP contribution in [0.15, 0.2) is 66.7 Å². The SMILES string of the molecule is O=C(O)C1CCCN(C(c2ccc(OCc3ccccc3)cc2)c2ccc(Cl)s2)C1. The van der Waals surface area contributed by atoms with E-state index in [0.717, 1.165) is 45.5 Å². The third-order valence-electron chi connectivity index (χ3n) is 5.47. The number of likely N-dealkylation sites (tertiary alicyclic amines) is 1. The largest absolute Gasteiger partial charge is 0.489 e. The van der Waals surface area contributed by atoms with Crippen LogP contribution in [-0.2, 0) is 11.4 Å². The Hall–Kier alpha value is -2.34. The van der Waals surface area contributed by atoms with Gasteiger partial charge in [-0.25, -0.2) is 0 Å². The third-order valence-corrected chi connectivity index (χ3v) is 6.76. The van der Waals surface area contributed by atoms with Crippen LogP contribution < -0.4 is 4.74 Å². The Morgan fingerprint density at radius 3 is 2.57 bits per heavy atom. The van der Waals surface area contributed by atoms with E-state index in [1.807, 2.05) is 54.6 Å². The topological polar surface area (TPSA) is 49.8 Å². The van der Waals surface area contributed by atoms with Crippen molar-refractivity contribution < 1.29 is 14.6 Å². The average Bonchev–Trinajstić information content (AvgIpc) is 3.20. The fraction of sp³-hybridized carbons (Fsp3) is 0.292. The van der Waals surface area contributed by atoms with Crippen LogP contribution in [-0.4, -0.2) is 29.1 Å². The predicted octanol–water partition coefficient (Wildman–Crippen LogP) is 5.87. The molecular formula is C24H24ClNO3S. The maximum absolute atomic E-state index is 11.6. The molecule has 0 saturated carbocycles. The van der Waals surface area contributed by atoms with Crippen LogP contribution in [0.25, 0.3) is 0 Å². The Balaban J connectivity index is 1.54. The van der Waals surface area contributed by atoms with Crippen LogP contribution in [0, 0.1) is 5.92 Å². The van der Waals surface area contributed by atoms with Gasteiger partial charge in [-0.15, -0.1) is 11.3 Å². The molecule has 0 aliphatic carbocycles. The number of halogens is 1. The van der Waals surface area contributed by atoms with E-state index in [9.17, 15) is 9.90 Å². The van der Waals surface area contributed by atoms with Crippen molar-refractivity contribution in [3.63, 3.8) is 0 Å². The summed E-state index contributed by atoms with van der Waals surface area (Å²) >= 11 is 7.77. The lowest BCUT2D eigenvalue weighted by Gasteiger charge is -2.37. The summed E-state index contributed by atoms with van der Waals surface area (Å²) < 4.78 is 6.66. The summed E-state index contributed by atoms with van der Waals surface area (Å²) in [7, 11) is 0. The number of rotatable bonds is 7. The minimum Gasteiger partial charge on any atom is -0.489 e. The molecule has 2 aromatic carbocycles. The Morgan fingerprint density at radius 1 is 1.13 bits per heavy atom. The van der Waals surface area contributed by atoms with Gasteiger partial charge in [0.05, 0.1) is 16.3 Å². The van der Waals surface area contributed by atoms with E-state index in [-0.39, 0.29) is 12.0 Å². The van der Waals surface area contributed by atoms with Crippen molar-refractivity contribution in [3.05, 3.63) is 87.1 Å². The quantitative estimate of drug-likeness (QED) is 0.498. The number of piperidine rings is 1. The second kappa shape index (κ2) is 9.65. The first-order chi connectivity index (χ1) is 14.6. The standard InChI is InChI=1S/C24H24ClNO3S/c25-22-13-12-21(30-22)23(26-14-4-7-19(15-26)24(27)28)18-8-10-20(11-9-18)29-16-17-5-2-1-3-6-17/h1-3,5-6,8-13,19,23H,4,7,14-16H2,(H,27,28). The van der Waals surface area contributed by atoms with Crippen LogP contribution in [0.3, 0.4) is 0 Å². The van der Waals surface area contributed by atoms with Gasteiger partial charge in [0.25, 0.3) is 0 Å². The van der Waals surface area contributed by atoms with Crippen molar-refractivity contribution in [2.45, 2.75) is 25.5 Å². The molecule has 2 unspecified atom stereocenters. The Labute approximate surface area is 185 Å². The second-order valence-corrected chi connectivity index (χ2v) is 9.31. The Kier molecular flexibility index (Phi) is 6.72. The molecule has 1 N–H and O–H groups in total. The maximum Gasteiger partial charge on any atom is 0.307 e. The van der Waals surface area contributed by atoms with Gasteiger partial charge in [-0.2, -0.15) is 0 Å². The normalized spacial score (nSPS) is 18.1. The molecule has 1 aliphatic heterocycles. The van der Waals surface area contributed by atoms with Crippen molar-refractivity contribution in [2.24, 2.45) is 5.92 Å². The number of benzene rings is 2. The van der Waals surface area contributed by atoms with Crippen molar-refractivity contribution in [1.29, 1.82) is 0 Å². The van der Waals surface area contributed by atoms with Crippen molar-refractivity contribution in [1.82, 2.24) is 4.90 Å². The van der Waals surface area contributed by atoms with E-state index in [1.165, 1.54) is 0 Å². The maximum atomic E-state index is 11.6. The van der Waals surface area contributed by atoms with Crippen molar-refractivity contribution >= 4 is 28.9 Å². The number of ether oxygens (including phenoxy) is 1. The van der Waals surface area contributed by atoms with E-state index in [4.69, 9.17) is 16.3 Å². The van der Waals surface area contributed by atoms with Gasteiger partial charge >= 0.3 is 5.97 Å². The van der Waals surface area contributed by atoms with Gasteiger partial charge in [-0.1, -0.05) is 54.1 Å². The third kappa shape index (κ3) is 5.04. The highest BCUT2D eigenvalue weighted by atomic mass is 35.5. The van der Waals surface area contributed by atoms with Crippen molar-refractivity contribution in [3.8, 4) is 5.75 Å². The zero-order chi connectivity index (χ0) is 20.9. The van der Waals surface area contributed by atoms with Crippen LogP contribution >= 0.6 is 22.9 Å². The van der Waals surface area contributed by atoms with E-state index in [0.29, 0.717) is 13.2 Å². The first-order valence-corrected chi connectivity index (χ1v) is 11.3. The van der Waals surface area contributed by atoms with Gasteiger partial charge in [0.1, 0.15) is 12.4 Å². The summed E-state index contributed by atoms with van der Waals surface area (Å²) in [6, 6.07) is 22.1. The van der Waals surface area contributed by atoms with Crippen LogP contribution in [0.5, 0.6) is 5.75 Å². The number of aliphatic carboxylic acids is 1. The van der Waals surface area contributed by atoms with E-state index >= 15 is 0 Å². The molecule has 1 aliphatic rings. The summed E-state index contributed by atoms with van der Waals surface area (Å²) in [5, 5.41) is 9.51. The molecule has 1 fully saturated rings. The summed E-state index contributed by atoms with van der Waals surface area (Å²) in [5.41, 5.74) is 2.24. The monoisotopic (exact) mass is 441 g/mol. The molecule has 30 heavy (non-hydrogen) atoms. The first-order valence-electron chi connectivity index (χ1n) is 10.1. The molecule has 2 atom stereocenters. The molecule has 2 heterocycles. The molecule has 0 bridgehead atoms. The highest BCUT2D eigenvalue weighted by Gasteiger charge is 2.32. The fourth-order valence-electron chi connectivity index (χ4n) is 3.96. The lowest BCUT2D eigenvalue weighted by molar-refractivity contribution is -0.143. The molecular weight excluding hydrogens is 418 g/mol. The van der Waals surface area contributed by atoms with Gasteiger partial charge < -0.3 is 9.84 Å². The number of hydrogen-bond donors (Lipinski definition) is 1. The summed E-state index contributed by atoms with van der Waals surface area (Å²) in [5.74, 6) is -0.231. The van der Waals surface area contributed by atoms with Crippen LogP contribution in [0.4, 0.5) is 0 Å². The van der Waals surface area contributed by atoms with Crippen LogP contribution in [0.2, 0.25) is 4.34 Å². The second-order valence-electron chi connectivity index (χ2n) is 7.56. The molecule has 4 nitrogen and oxygen atoms in total. The molecule has 0 spiro atoms.